The molecule has 4 rings (SSSR count). The zero-order valence-electron chi connectivity index (χ0n) is 21.7. The molecule has 36 heavy (non-hydrogen) atoms. The molecule has 0 saturated carbocycles. The number of sulfonamides is 1. The van der Waals surface area contributed by atoms with Gasteiger partial charge in [0.15, 0.2) is 5.13 Å². The normalized spacial score (nSPS) is 19.6. The van der Waals surface area contributed by atoms with Crippen molar-refractivity contribution in [3.8, 4) is 0 Å². The molecule has 1 aromatic carbocycles. The Morgan fingerprint density at radius 2 is 1.81 bits per heavy atom. The Labute approximate surface area is 218 Å². The number of benzene rings is 1. The summed E-state index contributed by atoms with van der Waals surface area (Å²) >= 11 is 1.17. The van der Waals surface area contributed by atoms with Gasteiger partial charge in [0.25, 0.3) is 0 Å². The number of hydrogen-bond acceptors (Lipinski definition) is 5. The zero-order chi connectivity index (χ0) is 26.2. The summed E-state index contributed by atoms with van der Waals surface area (Å²) in [6.45, 7) is 11.9. The lowest BCUT2D eigenvalue weighted by atomic mass is 9.68. The largest absolute Gasteiger partial charge is 0.293 e. The molecule has 1 saturated heterocycles. The molecule has 8 heteroatoms. The monoisotopic (exact) mass is 529 g/mol. The van der Waals surface area contributed by atoms with Crippen LogP contribution in [-0.4, -0.2) is 36.9 Å². The van der Waals surface area contributed by atoms with Crippen molar-refractivity contribution in [1.82, 2.24) is 14.6 Å². The molecule has 0 spiro atoms. The Morgan fingerprint density at radius 1 is 1.08 bits per heavy atom. The zero-order valence-corrected chi connectivity index (χ0v) is 23.3. The highest BCUT2D eigenvalue weighted by atomic mass is 32.2. The molecule has 0 aliphatic carbocycles. The number of thiophene rings is 1. The second-order valence-electron chi connectivity index (χ2n) is 10.9. The smallest absolute Gasteiger partial charge is 0.241 e. The van der Waals surface area contributed by atoms with Crippen LogP contribution in [0.3, 0.4) is 0 Å². The second-order valence-corrected chi connectivity index (χ2v) is 13.7. The predicted molar refractivity (Wildman–Crippen MR) is 144 cm³/mol. The van der Waals surface area contributed by atoms with Gasteiger partial charge in [0.2, 0.25) is 10.0 Å². The highest BCUT2D eigenvalue weighted by molar-refractivity contribution is 7.89. The molecule has 2 aromatic heterocycles. The molecule has 1 aliphatic rings. The quantitative estimate of drug-likeness (QED) is 0.374. The van der Waals surface area contributed by atoms with Gasteiger partial charge in [0, 0.05) is 39.8 Å². The number of likely N-dealkylation sites (tertiary alicyclic amines) is 1. The first kappa shape index (κ1) is 26.9. The number of aryl methyl sites for hydroxylation is 2. The van der Waals surface area contributed by atoms with Crippen molar-refractivity contribution in [2.24, 2.45) is 5.41 Å². The van der Waals surface area contributed by atoms with Crippen molar-refractivity contribution in [3.63, 3.8) is 0 Å². The summed E-state index contributed by atoms with van der Waals surface area (Å²) in [5, 5.41) is -0.191. The standard InChI is InChI=1S/C28H36FN3O2S2/c1-21-11-12-22(19-30-21)26(2,3)32-18-17-28(20-32,16-15-23-13-14-25(29)35-23)27(4,5)31-36(33,34)24-9-7-6-8-10-24/h6-14,19,31H,15-18,20H2,1-5H3/t28-/m0/s1. The molecule has 5 nitrogen and oxygen atoms in total. The molecule has 0 unspecified atom stereocenters. The van der Waals surface area contributed by atoms with Gasteiger partial charge >= 0.3 is 0 Å². The summed E-state index contributed by atoms with van der Waals surface area (Å²) in [4.78, 5) is 8.19. The second kappa shape index (κ2) is 9.97. The first-order valence-electron chi connectivity index (χ1n) is 12.4. The third-order valence-electron chi connectivity index (χ3n) is 8.01. The summed E-state index contributed by atoms with van der Waals surface area (Å²) in [6, 6.07) is 16.0. The fourth-order valence-electron chi connectivity index (χ4n) is 5.34. The van der Waals surface area contributed by atoms with Crippen LogP contribution >= 0.6 is 11.3 Å². The van der Waals surface area contributed by atoms with E-state index < -0.39 is 15.6 Å². The molecule has 3 aromatic rings. The van der Waals surface area contributed by atoms with Gasteiger partial charge in [-0.2, -0.15) is 4.39 Å². The average Bonchev–Trinajstić information content (AvgIpc) is 3.46. The highest BCUT2D eigenvalue weighted by Crippen LogP contribution is 2.48. The van der Waals surface area contributed by atoms with Gasteiger partial charge in [-0.05, 0) is 96.3 Å². The van der Waals surface area contributed by atoms with Gasteiger partial charge in [-0.3, -0.25) is 9.88 Å². The van der Waals surface area contributed by atoms with Crippen LogP contribution in [0.4, 0.5) is 4.39 Å². The fraction of sp³-hybridized carbons (Fsp3) is 0.464. The summed E-state index contributed by atoms with van der Waals surface area (Å²) in [5.41, 5.74) is 0.738. The van der Waals surface area contributed by atoms with Crippen LogP contribution in [-0.2, 0) is 22.0 Å². The van der Waals surface area contributed by atoms with Crippen molar-refractivity contribution in [1.29, 1.82) is 0 Å². The van der Waals surface area contributed by atoms with Gasteiger partial charge in [-0.25, -0.2) is 13.1 Å². The lowest BCUT2D eigenvalue weighted by Crippen LogP contribution is -2.58. The first-order valence-corrected chi connectivity index (χ1v) is 14.7. The molecule has 1 fully saturated rings. The average molecular weight is 530 g/mol. The minimum Gasteiger partial charge on any atom is -0.293 e. The van der Waals surface area contributed by atoms with Gasteiger partial charge < -0.3 is 0 Å². The van der Waals surface area contributed by atoms with Crippen molar-refractivity contribution in [2.75, 3.05) is 13.1 Å². The number of aromatic nitrogens is 1. The van der Waals surface area contributed by atoms with E-state index in [1.54, 1.807) is 24.3 Å². The molecule has 1 aliphatic heterocycles. The predicted octanol–water partition coefficient (Wildman–Crippen LogP) is 5.91. The third-order valence-corrected chi connectivity index (χ3v) is 10.6. The van der Waals surface area contributed by atoms with E-state index in [4.69, 9.17) is 0 Å². The van der Waals surface area contributed by atoms with Gasteiger partial charge in [0.1, 0.15) is 0 Å². The van der Waals surface area contributed by atoms with E-state index in [-0.39, 0.29) is 21.0 Å². The van der Waals surface area contributed by atoms with Gasteiger partial charge in [0.05, 0.1) is 4.90 Å². The summed E-state index contributed by atoms with van der Waals surface area (Å²) in [5.74, 6) is 0. The minimum absolute atomic E-state index is 0.191. The number of rotatable bonds is 9. The van der Waals surface area contributed by atoms with E-state index in [2.05, 4.69) is 34.5 Å². The van der Waals surface area contributed by atoms with E-state index in [9.17, 15) is 12.8 Å². The number of nitrogens with one attached hydrogen (secondary N) is 1. The van der Waals surface area contributed by atoms with Crippen LogP contribution in [0.5, 0.6) is 0 Å². The number of nitrogens with zero attached hydrogens (tertiary/aromatic N) is 2. The van der Waals surface area contributed by atoms with Crippen molar-refractivity contribution in [2.45, 2.75) is 69.9 Å². The van der Waals surface area contributed by atoms with Crippen molar-refractivity contribution in [3.05, 3.63) is 82.1 Å². The number of halogens is 1. The summed E-state index contributed by atoms with van der Waals surface area (Å²) in [7, 11) is -3.72. The van der Waals surface area contributed by atoms with E-state index in [1.165, 1.54) is 17.4 Å². The molecular weight excluding hydrogens is 493 g/mol. The Balaban J connectivity index is 1.65. The maximum Gasteiger partial charge on any atom is 0.241 e. The molecule has 0 amide bonds. The van der Waals surface area contributed by atoms with Crippen LogP contribution in [0.25, 0.3) is 0 Å². The number of pyridine rings is 1. The van der Waals surface area contributed by atoms with E-state index in [1.807, 2.05) is 45.2 Å². The van der Waals surface area contributed by atoms with Crippen LogP contribution in [0.15, 0.2) is 65.7 Å². The molecule has 194 valence electrons. The molecule has 3 heterocycles. The topological polar surface area (TPSA) is 62.3 Å². The van der Waals surface area contributed by atoms with E-state index >= 15 is 0 Å². The Bertz CT molecular complexity index is 1290. The van der Waals surface area contributed by atoms with Crippen molar-refractivity contribution < 1.29 is 12.8 Å². The van der Waals surface area contributed by atoms with Gasteiger partial charge in [-0.1, -0.05) is 24.3 Å². The first-order chi connectivity index (χ1) is 16.8. The summed E-state index contributed by atoms with van der Waals surface area (Å²) in [6.07, 6.45) is 4.21. The lowest BCUT2D eigenvalue weighted by molar-refractivity contribution is 0.0851. The Morgan fingerprint density at radius 3 is 2.42 bits per heavy atom. The molecule has 1 N–H and O–H groups in total. The lowest BCUT2D eigenvalue weighted by Gasteiger charge is -2.46. The maximum atomic E-state index is 13.7. The Hall–Kier alpha value is -2.13. The molecular formula is C28H36FN3O2S2. The highest BCUT2D eigenvalue weighted by Gasteiger charge is 2.53. The molecule has 0 bridgehead atoms. The SMILES string of the molecule is Cc1ccc(C(C)(C)N2CC[C@](CCc3ccc(F)s3)(C(C)(C)NS(=O)(=O)c3ccccc3)C2)cn1. The van der Waals surface area contributed by atoms with Crippen LogP contribution in [0.1, 0.15) is 56.7 Å². The Kier molecular flexibility index (Phi) is 7.45. The minimum atomic E-state index is -3.72. The molecule has 0 radical (unpaired) electrons. The van der Waals surface area contributed by atoms with Crippen LogP contribution in [0, 0.1) is 17.5 Å². The van der Waals surface area contributed by atoms with Gasteiger partial charge in [-0.15, -0.1) is 11.3 Å². The van der Waals surface area contributed by atoms with E-state index in [0.717, 1.165) is 35.5 Å². The summed E-state index contributed by atoms with van der Waals surface area (Å²) < 4.78 is 43.5. The van der Waals surface area contributed by atoms with E-state index in [0.29, 0.717) is 13.0 Å². The fourth-order valence-corrected chi connectivity index (χ4v) is 7.59. The number of hydrogen-bond donors (Lipinski definition) is 1. The third kappa shape index (κ3) is 5.42. The molecule has 1 atom stereocenters. The van der Waals surface area contributed by atoms with Crippen LogP contribution in [0.2, 0.25) is 0 Å². The maximum absolute atomic E-state index is 13.7. The van der Waals surface area contributed by atoms with Crippen LogP contribution < -0.4 is 4.72 Å². The van der Waals surface area contributed by atoms with Crippen molar-refractivity contribution >= 4 is 21.4 Å².